The highest BCUT2D eigenvalue weighted by Gasteiger charge is 2.41. The maximum absolute atomic E-state index is 9.18. The summed E-state index contributed by atoms with van der Waals surface area (Å²) in [6.07, 6.45) is 7.71. The number of aryl methyl sites for hydroxylation is 1. The minimum atomic E-state index is -0.157. The molecule has 1 atom stereocenters. The third-order valence-corrected chi connectivity index (χ3v) is 6.98. The first-order chi connectivity index (χ1) is 15.0. The first-order valence-corrected chi connectivity index (χ1v) is 11.2. The minimum absolute atomic E-state index is 0.157. The van der Waals surface area contributed by atoms with Crippen LogP contribution in [-0.4, -0.2) is 23.1 Å². The van der Waals surface area contributed by atoms with E-state index in [9.17, 15) is 5.26 Å². The number of nitrogens with two attached hydrogens (primary N) is 1. The largest absolute Gasteiger partial charge is 0.404 e. The molecule has 156 valence electrons. The lowest BCUT2D eigenvalue weighted by Gasteiger charge is -2.45. The average Bonchev–Trinajstić information content (AvgIpc) is 2.80. The van der Waals surface area contributed by atoms with Crippen molar-refractivity contribution in [3.8, 4) is 6.07 Å². The number of nitrogens with zero attached hydrogens (tertiary/aromatic N) is 3. The summed E-state index contributed by atoms with van der Waals surface area (Å²) < 4.78 is 2.37. The molecule has 0 saturated carbocycles. The summed E-state index contributed by atoms with van der Waals surface area (Å²) in [4.78, 5) is 5.96. The molecule has 1 aliphatic carbocycles. The highest BCUT2D eigenvalue weighted by Crippen LogP contribution is 2.47. The second kappa shape index (κ2) is 8.97. The molecule has 2 aromatic carbocycles. The standard InChI is InChI=1S/C26H26N4S/c1-3-26-15-21(17-28)25(29-23-9-7-19(2)8-10-23)14-22(26)11-12-30(18-26)31-24-6-4-5-20(13-24)16-27/h3-10,13-14,17H,1,11-12,15,18,28H2,2H3. The number of rotatable bonds is 4. The van der Waals surface area contributed by atoms with Crippen molar-refractivity contribution in [1.29, 1.82) is 5.26 Å². The normalized spacial score (nSPS) is 23.8. The fraction of sp³-hybridized carbons (Fsp3) is 0.231. The van der Waals surface area contributed by atoms with E-state index in [0.717, 1.165) is 47.8 Å². The Morgan fingerprint density at radius 1 is 1.26 bits per heavy atom. The maximum Gasteiger partial charge on any atom is 0.0992 e. The molecular weight excluding hydrogens is 400 g/mol. The van der Waals surface area contributed by atoms with Gasteiger partial charge in [0.05, 0.1) is 23.0 Å². The zero-order valence-corrected chi connectivity index (χ0v) is 18.5. The number of fused-ring (bicyclic) bond motifs is 1. The Morgan fingerprint density at radius 3 is 2.77 bits per heavy atom. The zero-order chi connectivity index (χ0) is 21.8. The van der Waals surface area contributed by atoms with E-state index in [0.29, 0.717) is 5.56 Å². The van der Waals surface area contributed by atoms with Crippen molar-refractivity contribution in [2.45, 2.75) is 24.7 Å². The average molecular weight is 427 g/mol. The van der Waals surface area contributed by atoms with Gasteiger partial charge in [0.2, 0.25) is 0 Å². The molecule has 2 aliphatic rings. The minimum Gasteiger partial charge on any atom is -0.404 e. The first-order valence-electron chi connectivity index (χ1n) is 10.4. The van der Waals surface area contributed by atoms with Gasteiger partial charge in [0.15, 0.2) is 0 Å². The van der Waals surface area contributed by atoms with Gasteiger partial charge in [-0.25, -0.2) is 9.30 Å². The summed E-state index contributed by atoms with van der Waals surface area (Å²) in [5.74, 6) is 0. The van der Waals surface area contributed by atoms with Gasteiger partial charge in [0.25, 0.3) is 0 Å². The monoisotopic (exact) mass is 426 g/mol. The van der Waals surface area contributed by atoms with E-state index in [2.05, 4.69) is 54.2 Å². The van der Waals surface area contributed by atoms with Gasteiger partial charge in [-0.3, -0.25) is 0 Å². The van der Waals surface area contributed by atoms with Gasteiger partial charge < -0.3 is 5.73 Å². The lowest BCUT2D eigenvalue weighted by molar-refractivity contribution is 0.278. The van der Waals surface area contributed by atoms with Crippen LogP contribution >= 0.6 is 11.9 Å². The second-order valence-corrected chi connectivity index (χ2v) is 9.25. The van der Waals surface area contributed by atoms with Crippen LogP contribution in [0.1, 0.15) is 24.0 Å². The van der Waals surface area contributed by atoms with Crippen LogP contribution < -0.4 is 5.73 Å². The molecule has 0 aromatic heterocycles. The Balaban J connectivity index is 1.61. The summed E-state index contributed by atoms with van der Waals surface area (Å²) in [6.45, 7) is 8.04. The van der Waals surface area contributed by atoms with Gasteiger partial charge in [-0.2, -0.15) is 5.26 Å². The number of nitriles is 1. The quantitative estimate of drug-likeness (QED) is 0.503. The molecule has 0 amide bonds. The zero-order valence-electron chi connectivity index (χ0n) is 17.7. The lowest BCUT2D eigenvalue weighted by atomic mass is 9.67. The van der Waals surface area contributed by atoms with Crippen LogP contribution in [0.3, 0.4) is 0 Å². The van der Waals surface area contributed by atoms with Gasteiger partial charge >= 0.3 is 0 Å². The van der Waals surface area contributed by atoms with E-state index in [-0.39, 0.29) is 5.41 Å². The van der Waals surface area contributed by atoms with Gasteiger partial charge in [-0.05, 0) is 79.9 Å². The smallest absolute Gasteiger partial charge is 0.0992 e. The second-order valence-electron chi connectivity index (χ2n) is 8.08. The van der Waals surface area contributed by atoms with Crippen molar-refractivity contribution < 1.29 is 0 Å². The summed E-state index contributed by atoms with van der Waals surface area (Å²) >= 11 is 1.70. The van der Waals surface area contributed by atoms with Crippen LogP contribution in [0, 0.1) is 23.7 Å². The topological polar surface area (TPSA) is 65.4 Å². The van der Waals surface area contributed by atoms with Crippen molar-refractivity contribution >= 4 is 23.3 Å². The Bertz CT molecular complexity index is 1120. The summed E-state index contributed by atoms with van der Waals surface area (Å²) in [5.41, 5.74) is 12.1. The van der Waals surface area contributed by atoms with Gasteiger partial charge in [0, 0.05) is 23.4 Å². The van der Waals surface area contributed by atoms with Crippen LogP contribution in [0.25, 0.3) is 0 Å². The molecule has 1 heterocycles. The summed E-state index contributed by atoms with van der Waals surface area (Å²) in [7, 11) is 0. The molecule has 4 nitrogen and oxygen atoms in total. The molecule has 2 N–H and O–H groups in total. The van der Waals surface area contributed by atoms with E-state index >= 15 is 0 Å². The molecule has 0 spiro atoms. The summed E-state index contributed by atoms with van der Waals surface area (Å²) in [5, 5.41) is 9.18. The first kappa shape index (κ1) is 21.2. The van der Waals surface area contributed by atoms with Crippen LogP contribution in [0.2, 0.25) is 0 Å². The Hall–Kier alpha value is -3.07. The van der Waals surface area contributed by atoms with Crippen molar-refractivity contribution in [2.24, 2.45) is 16.1 Å². The lowest BCUT2D eigenvalue weighted by Crippen LogP contribution is -2.43. The molecule has 1 saturated heterocycles. The molecular formula is C26H26N4S. The Labute approximate surface area is 188 Å². The highest BCUT2D eigenvalue weighted by molar-refractivity contribution is 7.97. The van der Waals surface area contributed by atoms with Crippen molar-refractivity contribution in [3.05, 3.63) is 95.7 Å². The van der Waals surface area contributed by atoms with E-state index in [1.165, 1.54) is 11.1 Å². The number of aliphatic imine (C=N–C) groups is 1. The number of hydrogen-bond acceptors (Lipinski definition) is 5. The number of benzene rings is 2. The SMILES string of the molecule is C=CC12CC(=CN)C(=Nc3ccc(C)cc3)C=C1CCN(Sc1cccc(C#N)c1)C2. The number of piperidine rings is 1. The molecule has 2 aromatic rings. The molecule has 1 unspecified atom stereocenters. The molecule has 4 rings (SSSR count). The third kappa shape index (κ3) is 4.51. The third-order valence-electron chi connectivity index (χ3n) is 5.95. The van der Waals surface area contributed by atoms with Crippen LogP contribution in [0.5, 0.6) is 0 Å². The molecule has 1 fully saturated rings. The molecule has 31 heavy (non-hydrogen) atoms. The highest BCUT2D eigenvalue weighted by atomic mass is 32.2. The fourth-order valence-electron chi connectivity index (χ4n) is 4.19. The van der Waals surface area contributed by atoms with Crippen LogP contribution in [0.4, 0.5) is 5.69 Å². The van der Waals surface area contributed by atoms with Crippen LogP contribution in [0.15, 0.2) is 94.5 Å². The molecule has 0 bridgehead atoms. The van der Waals surface area contributed by atoms with E-state index in [1.807, 2.05) is 30.3 Å². The van der Waals surface area contributed by atoms with Crippen molar-refractivity contribution in [2.75, 3.05) is 13.1 Å². The van der Waals surface area contributed by atoms with Crippen molar-refractivity contribution in [1.82, 2.24) is 4.31 Å². The number of allylic oxidation sites excluding steroid dienone is 2. The molecule has 1 aliphatic heterocycles. The maximum atomic E-state index is 9.18. The van der Waals surface area contributed by atoms with Gasteiger partial charge in [0.1, 0.15) is 0 Å². The fourth-order valence-corrected chi connectivity index (χ4v) is 5.28. The van der Waals surface area contributed by atoms with Crippen molar-refractivity contribution in [3.63, 3.8) is 0 Å². The van der Waals surface area contributed by atoms with Gasteiger partial charge in [-0.1, -0.05) is 35.4 Å². The summed E-state index contributed by atoms with van der Waals surface area (Å²) in [6, 6.07) is 18.2. The van der Waals surface area contributed by atoms with Crippen LogP contribution in [-0.2, 0) is 0 Å². The van der Waals surface area contributed by atoms with Gasteiger partial charge in [-0.15, -0.1) is 6.58 Å². The predicted molar refractivity (Wildman–Crippen MR) is 129 cm³/mol. The molecule has 5 heteroatoms. The number of hydrogen-bond donors (Lipinski definition) is 1. The van der Waals surface area contributed by atoms with E-state index in [1.54, 1.807) is 18.1 Å². The van der Waals surface area contributed by atoms with E-state index in [4.69, 9.17) is 10.7 Å². The Kier molecular flexibility index (Phi) is 6.13. The molecule has 0 radical (unpaired) electrons. The van der Waals surface area contributed by atoms with E-state index < -0.39 is 0 Å². The Morgan fingerprint density at radius 2 is 2.06 bits per heavy atom. The predicted octanol–water partition coefficient (Wildman–Crippen LogP) is 5.70.